The summed E-state index contributed by atoms with van der Waals surface area (Å²) in [6.45, 7) is 6.68. The molecule has 0 bridgehead atoms. The molecule has 1 rings (SSSR count). The van der Waals surface area contributed by atoms with Crippen molar-refractivity contribution in [3.05, 3.63) is 22.5 Å². The maximum atomic E-state index is 12.4. The number of H-pyrrole nitrogens is 1. The van der Waals surface area contributed by atoms with Crippen molar-refractivity contribution < 1.29 is 23.9 Å². The fourth-order valence-electron chi connectivity index (χ4n) is 2.21. The topological polar surface area (TPSA) is 97.5 Å². The van der Waals surface area contributed by atoms with Crippen LogP contribution in [0.25, 0.3) is 0 Å². The maximum Gasteiger partial charge on any atom is 0.339 e. The van der Waals surface area contributed by atoms with E-state index in [1.165, 1.54) is 14.2 Å². The van der Waals surface area contributed by atoms with Crippen LogP contribution in [0.2, 0.25) is 0 Å². The van der Waals surface area contributed by atoms with Crippen LogP contribution in [-0.2, 0) is 14.3 Å². The fraction of sp³-hybridized carbons (Fsp3) is 0.533. The standard InChI is InChI=1S/C15H22N2O5/c1-7-15(4,14(20)22-6)17-12(18)11-8(2)10(9(3)16-11)13(19)21-5/h16H,7H2,1-6H3,(H,17,18)/t15-/m1/s1. The van der Waals surface area contributed by atoms with Gasteiger partial charge in [-0.05, 0) is 32.8 Å². The molecule has 0 unspecified atom stereocenters. The lowest BCUT2D eigenvalue weighted by Crippen LogP contribution is -2.52. The van der Waals surface area contributed by atoms with Crippen molar-refractivity contribution in [1.82, 2.24) is 10.3 Å². The molecule has 1 aromatic rings. The Kier molecular flexibility index (Phi) is 5.35. The van der Waals surface area contributed by atoms with E-state index in [1.54, 1.807) is 27.7 Å². The van der Waals surface area contributed by atoms with E-state index in [1.807, 2.05) is 0 Å². The zero-order valence-corrected chi connectivity index (χ0v) is 13.7. The average Bonchev–Trinajstić information content (AvgIpc) is 2.80. The van der Waals surface area contributed by atoms with E-state index in [0.717, 1.165) is 0 Å². The largest absolute Gasteiger partial charge is 0.467 e. The molecule has 1 aromatic heterocycles. The van der Waals surface area contributed by atoms with Crippen LogP contribution < -0.4 is 5.32 Å². The van der Waals surface area contributed by atoms with Crippen molar-refractivity contribution in [3.8, 4) is 0 Å². The normalized spacial score (nSPS) is 13.2. The number of aromatic nitrogens is 1. The number of hydrogen-bond acceptors (Lipinski definition) is 5. The van der Waals surface area contributed by atoms with Gasteiger partial charge in [-0.15, -0.1) is 0 Å². The molecule has 0 aliphatic heterocycles. The summed E-state index contributed by atoms with van der Waals surface area (Å²) in [7, 11) is 2.54. The maximum absolute atomic E-state index is 12.4. The van der Waals surface area contributed by atoms with Gasteiger partial charge in [0.25, 0.3) is 5.91 Å². The van der Waals surface area contributed by atoms with Gasteiger partial charge in [-0.2, -0.15) is 0 Å². The Hall–Kier alpha value is -2.31. The van der Waals surface area contributed by atoms with Crippen LogP contribution in [-0.4, -0.2) is 42.6 Å². The molecule has 122 valence electrons. The number of aromatic amines is 1. The predicted molar refractivity (Wildman–Crippen MR) is 79.8 cm³/mol. The lowest BCUT2D eigenvalue weighted by molar-refractivity contribution is -0.147. The minimum Gasteiger partial charge on any atom is -0.467 e. The first-order valence-corrected chi connectivity index (χ1v) is 6.90. The number of carbonyl (C=O) groups excluding carboxylic acids is 3. The number of methoxy groups -OCH3 is 2. The zero-order chi connectivity index (χ0) is 17.1. The average molecular weight is 310 g/mol. The molecule has 0 saturated carbocycles. The number of hydrogen-bond donors (Lipinski definition) is 2. The first-order chi connectivity index (χ1) is 10.2. The van der Waals surface area contributed by atoms with Gasteiger partial charge in [-0.1, -0.05) is 6.92 Å². The number of rotatable bonds is 5. The van der Waals surface area contributed by atoms with Gasteiger partial charge in [-0.3, -0.25) is 4.79 Å². The number of esters is 2. The van der Waals surface area contributed by atoms with Gasteiger partial charge in [-0.25, -0.2) is 9.59 Å². The van der Waals surface area contributed by atoms with E-state index in [2.05, 4.69) is 10.3 Å². The molecule has 2 N–H and O–H groups in total. The van der Waals surface area contributed by atoms with Gasteiger partial charge in [0.05, 0.1) is 19.8 Å². The minimum absolute atomic E-state index is 0.224. The third-order valence-corrected chi connectivity index (χ3v) is 3.79. The molecule has 0 fully saturated rings. The van der Waals surface area contributed by atoms with Gasteiger partial charge in [0.1, 0.15) is 11.2 Å². The summed E-state index contributed by atoms with van der Waals surface area (Å²) < 4.78 is 9.42. The van der Waals surface area contributed by atoms with E-state index in [-0.39, 0.29) is 5.69 Å². The summed E-state index contributed by atoms with van der Waals surface area (Å²) in [5.41, 5.74) is 0.421. The van der Waals surface area contributed by atoms with Crippen LogP contribution in [0.1, 0.15) is 52.4 Å². The molecule has 22 heavy (non-hydrogen) atoms. The SMILES string of the molecule is CC[C@@](C)(NC(=O)c1[nH]c(C)c(C(=O)OC)c1C)C(=O)OC. The van der Waals surface area contributed by atoms with Gasteiger partial charge >= 0.3 is 11.9 Å². The van der Waals surface area contributed by atoms with E-state index in [0.29, 0.717) is 23.2 Å². The van der Waals surface area contributed by atoms with Crippen molar-refractivity contribution in [2.45, 2.75) is 39.7 Å². The van der Waals surface area contributed by atoms with Crippen LogP contribution in [0.3, 0.4) is 0 Å². The molecule has 0 aliphatic carbocycles. The van der Waals surface area contributed by atoms with Gasteiger partial charge in [0.2, 0.25) is 0 Å². The Morgan fingerprint density at radius 2 is 1.77 bits per heavy atom. The van der Waals surface area contributed by atoms with Crippen LogP contribution >= 0.6 is 0 Å². The van der Waals surface area contributed by atoms with E-state index >= 15 is 0 Å². The summed E-state index contributed by atoms with van der Waals surface area (Å²) in [6, 6.07) is 0. The quantitative estimate of drug-likeness (QED) is 0.803. The Balaban J connectivity index is 3.15. The molecular formula is C15H22N2O5. The summed E-state index contributed by atoms with van der Waals surface area (Å²) in [6.07, 6.45) is 0.369. The second kappa shape index (κ2) is 6.64. The minimum atomic E-state index is -1.14. The number of carbonyl (C=O) groups is 3. The number of amides is 1. The molecule has 0 aromatic carbocycles. The highest BCUT2D eigenvalue weighted by Crippen LogP contribution is 2.20. The first kappa shape index (κ1) is 17.7. The van der Waals surface area contributed by atoms with Crippen molar-refractivity contribution in [3.63, 3.8) is 0 Å². The molecule has 0 radical (unpaired) electrons. The molecular weight excluding hydrogens is 288 g/mol. The smallest absolute Gasteiger partial charge is 0.339 e. The fourth-order valence-corrected chi connectivity index (χ4v) is 2.21. The predicted octanol–water partition coefficient (Wildman–Crippen LogP) is 1.49. The molecule has 1 atom stereocenters. The van der Waals surface area contributed by atoms with Crippen LogP contribution in [0.5, 0.6) is 0 Å². The van der Waals surface area contributed by atoms with E-state index in [4.69, 9.17) is 9.47 Å². The Morgan fingerprint density at radius 3 is 2.23 bits per heavy atom. The summed E-state index contributed by atoms with van der Waals surface area (Å²) in [5, 5.41) is 2.65. The van der Waals surface area contributed by atoms with Crippen molar-refractivity contribution in [2.75, 3.05) is 14.2 Å². The van der Waals surface area contributed by atoms with Crippen molar-refractivity contribution in [1.29, 1.82) is 0 Å². The van der Waals surface area contributed by atoms with Gasteiger partial charge < -0.3 is 19.8 Å². The van der Waals surface area contributed by atoms with Crippen LogP contribution in [0, 0.1) is 13.8 Å². The van der Waals surface area contributed by atoms with Crippen LogP contribution in [0.4, 0.5) is 0 Å². The molecule has 1 amide bonds. The second-order valence-electron chi connectivity index (χ2n) is 5.25. The molecule has 0 spiro atoms. The summed E-state index contributed by atoms with van der Waals surface area (Å²) in [5.74, 6) is -1.53. The first-order valence-electron chi connectivity index (χ1n) is 6.90. The van der Waals surface area contributed by atoms with E-state index in [9.17, 15) is 14.4 Å². The molecule has 0 saturated heterocycles. The third-order valence-electron chi connectivity index (χ3n) is 3.79. The lowest BCUT2D eigenvalue weighted by atomic mass is 9.98. The lowest BCUT2D eigenvalue weighted by Gasteiger charge is -2.26. The zero-order valence-electron chi connectivity index (χ0n) is 13.7. The third kappa shape index (κ3) is 3.13. The number of nitrogens with one attached hydrogen (secondary N) is 2. The highest BCUT2D eigenvalue weighted by Gasteiger charge is 2.35. The summed E-state index contributed by atoms with van der Waals surface area (Å²) in [4.78, 5) is 38.9. The second-order valence-corrected chi connectivity index (χ2v) is 5.25. The number of ether oxygens (including phenoxy) is 2. The highest BCUT2D eigenvalue weighted by molar-refractivity contribution is 6.02. The van der Waals surface area contributed by atoms with Crippen LogP contribution in [0.15, 0.2) is 0 Å². The molecule has 0 aliphatic rings. The monoisotopic (exact) mass is 310 g/mol. The van der Waals surface area contributed by atoms with E-state index < -0.39 is 23.4 Å². The van der Waals surface area contributed by atoms with Gasteiger partial charge in [0.15, 0.2) is 0 Å². The van der Waals surface area contributed by atoms with Gasteiger partial charge in [0, 0.05) is 5.69 Å². The Bertz CT molecular complexity index is 605. The van der Waals surface area contributed by atoms with Crippen molar-refractivity contribution >= 4 is 17.8 Å². The van der Waals surface area contributed by atoms with Crippen molar-refractivity contribution in [2.24, 2.45) is 0 Å². The molecule has 7 nitrogen and oxygen atoms in total. The molecule has 1 heterocycles. The Morgan fingerprint density at radius 1 is 1.18 bits per heavy atom. The number of aryl methyl sites for hydroxylation is 1. The Labute approximate surface area is 129 Å². The molecule has 7 heteroatoms. The highest BCUT2D eigenvalue weighted by atomic mass is 16.5. The summed E-state index contributed by atoms with van der Waals surface area (Å²) >= 11 is 0.